The number of nitrogens with two attached hydrogens (primary N) is 1. The van der Waals surface area contributed by atoms with Crippen LogP contribution in [-0.2, 0) is 20.7 Å². The van der Waals surface area contributed by atoms with E-state index < -0.39 is 0 Å². The Labute approximate surface area is 130 Å². The predicted molar refractivity (Wildman–Crippen MR) is 84.2 cm³/mol. The molecule has 0 bridgehead atoms. The van der Waals surface area contributed by atoms with Gasteiger partial charge in [0.25, 0.3) is 0 Å². The van der Waals surface area contributed by atoms with Gasteiger partial charge in [-0.15, -0.1) is 0 Å². The van der Waals surface area contributed by atoms with Crippen LogP contribution < -0.4 is 5.73 Å². The van der Waals surface area contributed by atoms with Crippen molar-refractivity contribution in [3.05, 3.63) is 29.8 Å². The summed E-state index contributed by atoms with van der Waals surface area (Å²) in [7, 11) is 1.66. The van der Waals surface area contributed by atoms with Gasteiger partial charge in [0.15, 0.2) is 0 Å². The van der Waals surface area contributed by atoms with Crippen LogP contribution in [0.3, 0.4) is 0 Å². The third-order valence-corrected chi connectivity index (χ3v) is 3.83. The van der Waals surface area contributed by atoms with Crippen LogP contribution in [0, 0.1) is 0 Å². The third kappa shape index (κ3) is 4.46. The normalized spacial score (nSPS) is 14.7. The monoisotopic (exact) mass is 305 g/mol. The van der Waals surface area contributed by atoms with Crippen molar-refractivity contribution in [2.45, 2.75) is 12.8 Å². The predicted octanol–water partition coefficient (Wildman–Crippen LogP) is 0.519. The van der Waals surface area contributed by atoms with E-state index in [1.54, 1.807) is 11.9 Å². The number of morpholine rings is 1. The van der Waals surface area contributed by atoms with Crippen LogP contribution in [-0.4, -0.2) is 61.5 Å². The zero-order valence-corrected chi connectivity index (χ0v) is 13.0. The molecular formula is C16H23N3O3. The van der Waals surface area contributed by atoms with Gasteiger partial charge in [0, 0.05) is 32.2 Å². The molecule has 0 unspecified atom stereocenters. The highest BCUT2D eigenvalue weighted by Crippen LogP contribution is 2.13. The van der Waals surface area contributed by atoms with Gasteiger partial charge in [0.05, 0.1) is 19.8 Å². The van der Waals surface area contributed by atoms with Gasteiger partial charge < -0.3 is 20.3 Å². The number of nitrogens with zero attached hydrogens (tertiary/aromatic N) is 2. The maximum absolute atomic E-state index is 12.1. The topological polar surface area (TPSA) is 75.9 Å². The molecule has 2 amide bonds. The number of rotatable bonds is 5. The molecule has 22 heavy (non-hydrogen) atoms. The van der Waals surface area contributed by atoms with Gasteiger partial charge in [-0.3, -0.25) is 9.59 Å². The minimum absolute atomic E-state index is 0.0293. The van der Waals surface area contributed by atoms with Crippen LogP contribution in [0.15, 0.2) is 24.3 Å². The number of amides is 2. The maximum atomic E-state index is 12.1. The van der Waals surface area contributed by atoms with E-state index in [0.717, 1.165) is 5.56 Å². The first-order valence-corrected chi connectivity index (χ1v) is 7.51. The Hall–Kier alpha value is -2.08. The summed E-state index contributed by atoms with van der Waals surface area (Å²) in [6.07, 6.45) is 0.933. The van der Waals surface area contributed by atoms with Crippen molar-refractivity contribution in [3.8, 4) is 0 Å². The molecule has 1 aliphatic heterocycles. The van der Waals surface area contributed by atoms with Crippen molar-refractivity contribution in [2.24, 2.45) is 0 Å². The van der Waals surface area contributed by atoms with E-state index in [1.807, 2.05) is 24.3 Å². The van der Waals surface area contributed by atoms with Gasteiger partial charge in [-0.2, -0.15) is 0 Å². The van der Waals surface area contributed by atoms with Crippen LogP contribution in [0.25, 0.3) is 0 Å². The highest BCUT2D eigenvalue weighted by Gasteiger charge is 2.20. The van der Waals surface area contributed by atoms with E-state index in [1.165, 1.54) is 4.90 Å². The van der Waals surface area contributed by atoms with Crippen molar-refractivity contribution in [1.82, 2.24) is 9.80 Å². The van der Waals surface area contributed by atoms with Crippen molar-refractivity contribution in [3.63, 3.8) is 0 Å². The number of likely N-dealkylation sites (N-methyl/N-ethyl adjacent to an activating group) is 1. The molecule has 6 nitrogen and oxygen atoms in total. The smallest absolute Gasteiger partial charge is 0.242 e. The largest absolute Gasteiger partial charge is 0.399 e. The van der Waals surface area contributed by atoms with Crippen LogP contribution in [0.5, 0.6) is 0 Å². The second-order valence-corrected chi connectivity index (χ2v) is 5.44. The molecular weight excluding hydrogens is 282 g/mol. The number of benzene rings is 1. The SMILES string of the molecule is CN(CC(=O)N1CCOCC1)C(=O)CCc1ccccc1N. The lowest BCUT2D eigenvalue weighted by atomic mass is 10.1. The van der Waals surface area contributed by atoms with Crippen molar-refractivity contribution >= 4 is 17.5 Å². The number of hydrogen-bond donors (Lipinski definition) is 1. The van der Waals surface area contributed by atoms with Gasteiger partial charge >= 0.3 is 0 Å². The first-order valence-electron chi connectivity index (χ1n) is 7.51. The molecule has 0 spiro atoms. The fourth-order valence-electron chi connectivity index (χ4n) is 2.40. The summed E-state index contributed by atoms with van der Waals surface area (Å²) < 4.78 is 5.21. The van der Waals surface area contributed by atoms with Gasteiger partial charge in [0.1, 0.15) is 0 Å². The van der Waals surface area contributed by atoms with Crippen LogP contribution in [0.4, 0.5) is 5.69 Å². The molecule has 120 valence electrons. The standard InChI is InChI=1S/C16H23N3O3/c1-18(12-16(21)19-8-10-22-11-9-19)15(20)7-6-13-4-2-3-5-14(13)17/h2-5H,6-12,17H2,1H3. The quantitative estimate of drug-likeness (QED) is 0.805. The van der Waals surface area contributed by atoms with Crippen LogP contribution >= 0.6 is 0 Å². The van der Waals surface area contributed by atoms with E-state index in [2.05, 4.69) is 0 Å². The van der Waals surface area contributed by atoms with E-state index in [-0.39, 0.29) is 18.4 Å². The lowest BCUT2D eigenvalue weighted by Gasteiger charge is -2.28. The minimum Gasteiger partial charge on any atom is -0.399 e. The molecule has 1 saturated heterocycles. The molecule has 0 aliphatic carbocycles. The molecule has 0 saturated carbocycles. The zero-order valence-electron chi connectivity index (χ0n) is 13.0. The number of aryl methyl sites for hydroxylation is 1. The Morgan fingerprint density at radius 3 is 2.64 bits per heavy atom. The molecule has 1 aromatic carbocycles. The fraction of sp³-hybridized carbons (Fsp3) is 0.500. The summed E-state index contributed by atoms with van der Waals surface area (Å²) in [5.41, 5.74) is 7.52. The molecule has 1 aliphatic rings. The van der Waals surface area contributed by atoms with Gasteiger partial charge in [0.2, 0.25) is 11.8 Å². The number of carbonyl (C=O) groups is 2. The summed E-state index contributed by atoms with van der Waals surface area (Å²) in [5, 5.41) is 0. The maximum Gasteiger partial charge on any atom is 0.242 e. The summed E-state index contributed by atoms with van der Waals surface area (Å²) in [6, 6.07) is 7.52. The lowest BCUT2D eigenvalue weighted by molar-refractivity contribution is -0.141. The van der Waals surface area contributed by atoms with Gasteiger partial charge in [-0.05, 0) is 18.1 Å². The number of anilines is 1. The average Bonchev–Trinajstić information content (AvgIpc) is 2.54. The fourth-order valence-corrected chi connectivity index (χ4v) is 2.40. The van der Waals surface area contributed by atoms with Crippen molar-refractivity contribution in [1.29, 1.82) is 0 Å². The molecule has 2 rings (SSSR count). The van der Waals surface area contributed by atoms with Gasteiger partial charge in [-0.25, -0.2) is 0 Å². The summed E-state index contributed by atoms with van der Waals surface area (Å²) in [6.45, 7) is 2.44. The number of hydrogen-bond acceptors (Lipinski definition) is 4. The Kier molecular flexibility index (Phi) is 5.77. The molecule has 1 fully saturated rings. The Morgan fingerprint density at radius 2 is 1.95 bits per heavy atom. The molecule has 0 radical (unpaired) electrons. The van der Waals surface area contributed by atoms with E-state index in [0.29, 0.717) is 44.8 Å². The zero-order chi connectivity index (χ0) is 15.9. The number of ether oxygens (including phenoxy) is 1. The molecule has 6 heteroatoms. The summed E-state index contributed by atoms with van der Waals surface area (Å²) >= 11 is 0. The van der Waals surface area contributed by atoms with Crippen molar-refractivity contribution in [2.75, 3.05) is 45.6 Å². The highest BCUT2D eigenvalue weighted by atomic mass is 16.5. The molecule has 1 aromatic rings. The third-order valence-electron chi connectivity index (χ3n) is 3.83. The van der Waals surface area contributed by atoms with Crippen LogP contribution in [0.1, 0.15) is 12.0 Å². The highest BCUT2D eigenvalue weighted by molar-refractivity contribution is 5.84. The second-order valence-electron chi connectivity index (χ2n) is 5.44. The molecule has 2 N–H and O–H groups in total. The Bertz CT molecular complexity index is 527. The number of nitrogen functional groups attached to an aromatic ring is 1. The average molecular weight is 305 g/mol. The van der Waals surface area contributed by atoms with Crippen molar-refractivity contribution < 1.29 is 14.3 Å². The summed E-state index contributed by atoms with van der Waals surface area (Å²) in [4.78, 5) is 27.5. The number of para-hydroxylation sites is 1. The van der Waals surface area contributed by atoms with E-state index >= 15 is 0 Å². The lowest BCUT2D eigenvalue weighted by Crippen LogP contribution is -2.46. The first-order chi connectivity index (χ1) is 10.6. The van der Waals surface area contributed by atoms with E-state index in [9.17, 15) is 9.59 Å². The Balaban J connectivity index is 1.79. The Morgan fingerprint density at radius 1 is 1.27 bits per heavy atom. The second kappa shape index (κ2) is 7.79. The summed E-state index contributed by atoms with van der Waals surface area (Å²) in [5.74, 6) is -0.0803. The number of carbonyl (C=O) groups excluding carboxylic acids is 2. The minimum atomic E-state index is -0.0511. The first kappa shape index (κ1) is 16.3. The van der Waals surface area contributed by atoms with E-state index in [4.69, 9.17) is 10.5 Å². The van der Waals surface area contributed by atoms with Gasteiger partial charge in [-0.1, -0.05) is 18.2 Å². The molecule has 1 heterocycles. The molecule has 0 aromatic heterocycles. The van der Waals surface area contributed by atoms with Crippen LogP contribution in [0.2, 0.25) is 0 Å². The molecule has 0 atom stereocenters.